The van der Waals surface area contributed by atoms with Crippen molar-refractivity contribution in [3.05, 3.63) is 23.4 Å². The number of carbonyl (C=O) groups excluding carboxylic acids is 1. The van der Waals surface area contributed by atoms with Crippen LogP contribution in [0.25, 0.3) is 0 Å². The van der Waals surface area contributed by atoms with E-state index in [2.05, 4.69) is 4.98 Å². The average Bonchev–Trinajstić information content (AvgIpc) is 2.66. The molecule has 0 saturated carbocycles. The van der Waals surface area contributed by atoms with E-state index in [1.807, 2.05) is 6.92 Å². The van der Waals surface area contributed by atoms with E-state index < -0.39 is 11.9 Å². The number of aromatic nitrogens is 1. The number of alkyl halides is 2. The predicted octanol–water partition coefficient (Wildman–Crippen LogP) is 3.06. The van der Waals surface area contributed by atoms with E-state index >= 15 is 0 Å². The third-order valence-electron chi connectivity index (χ3n) is 3.72. The van der Waals surface area contributed by atoms with Gasteiger partial charge in [-0.05, 0) is 25.0 Å². The Kier molecular flexibility index (Phi) is 4.75. The summed E-state index contributed by atoms with van der Waals surface area (Å²) in [5, 5.41) is 0. The molecule has 0 aliphatic carbocycles. The van der Waals surface area contributed by atoms with Gasteiger partial charge in [-0.1, -0.05) is 6.92 Å². The molecular formula is C15H20F2N2O2. The molecule has 0 N–H and O–H groups in total. The van der Waals surface area contributed by atoms with Gasteiger partial charge in [0.15, 0.2) is 0 Å². The Morgan fingerprint density at radius 3 is 2.81 bits per heavy atom. The van der Waals surface area contributed by atoms with Crippen LogP contribution >= 0.6 is 0 Å². The molecule has 21 heavy (non-hydrogen) atoms. The van der Waals surface area contributed by atoms with Gasteiger partial charge in [0.25, 0.3) is 0 Å². The Bertz CT molecular complexity index is 520. The number of rotatable bonds is 3. The molecule has 0 radical (unpaired) electrons. The monoisotopic (exact) mass is 298 g/mol. The molecule has 2 rings (SSSR count). The number of esters is 1. The minimum absolute atomic E-state index is 0.121. The lowest BCUT2D eigenvalue weighted by atomic mass is 10.1. The van der Waals surface area contributed by atoms with Crippen molar-refractivity contribution in [3.63, 3.8) is 0 Å². The molecular weight excluding hydrogens is 278 g/mol. The van der Waals surface area contributed by atoms with Crippen LogP contribution in [0.3, 0.4) is 0 Å². The second kappa shape index (κ2) is 6.37. The van der Waals surface area contributed by atoms with Crippen LogP contribution in [0.15, 0.2) is 12.1 Å². The van der Waals surface area contributed by atoms with Crippen molar-refractivity contribution in [1.29, 1.82) is 0 Å². The Labute approximate surface area is 123 Å². The van der Waals surface area contributed by atoms with Crippen molar-refractivity contribution in [2.45, 2.75) is 38.5 Å². The van der Waals surface area contributed by atoms with Crippen molar-refractivity contribution >= 4 is 11.8 Å². The molecule has 1 aliphatic heterocycles. The molecule has 0 aromatic carbocycles. The highest BCUT2D eigenvalue weighted by atomic mass is 19.3. The van der Waals surface area contributed by atoms with Gasteiger partial charge in [0.2, 0.25) is 5.92 Å². The van der Waals surface area contributed by atoms with E-state index in [1.165, 1.54) is 7.11 Å². The van der Waals surface area contributed by atoms with Gasteiger partial charge in [0.1, 0.15) is 11.4 Å². The van der Waals surface area contributed by atoms with Gasteiger partial charge < -0.3 is 9.64 Å². The first-order chi connectivity index (χ1) is 9.96. The van der Waals surface area contributed by atoms with Gasteiger partial charge in [-0.15, -0.1) is 0 Å². The number of methoxy groups -OCH3 is 1. The average molecular weight is 298 g/mol. The summed E-state index contributed by atoms with van der Waals surface area (Å²) in [6.45, 7) is 2.62. The minimum Gasteiger partial charge on any atom is -0.465 e. The lowest BCUT2D eigenvalue weighted by molar-refractivity contribution is -0.0102. The van der Waals surface area contributed by atoms with Crippen LogP contribution in [0.2, 0.25) is 0 Å². The van der Waals surface area contributed by atoms with E-state index in [1.54, 1.807) is 17.0 Å². The highest BCUT2D eigenvalue weighted by Gasteiger charge is 2.33. The minimum atomic E-state index is -2.64. The molecule has 1 aromatic heterocycles. The van der Waals surface area contributed by atoms with Crippen LogP contribution in [-0.4, -0.2) is 37.1 Å². The fourth-order valence-corrected chi connectivity index (χ4v) is 2.47. The summed E-state index contributed by atoms with van der Waals surface area (Å²) in [6, 6.07) is 3.43. The molecule has 0 bridgehead atoms. The van der Waals surface area contributed by atoms with Gasteiger partial charge in [-0.25, -0.2) is 18.6 Å². The number of ether oxygens (including phenoxy) is 1. The van der Waals surface area contributed by atoms with Gasteiger partial charge in [0, 0.05) is 31.6 Å². The third-order valence-corrected chi connectivity index (χ3v) is 3.72. The van der Waals surface area contributed by atoms with Gasteiger partial charge in [0.05, 0.1) is 7.11 Å². The van der Waals surface area contributed by atoms with Crippen molar-refractivity contribution in [2.24, 2.45) is 0 Å². The summed E-state index contributed by atoms with van der Waals surface area (Å²) >= 11 is 0. The van der Waals surface area contributed by atoms with Crippen molar-refractivity contribution in [2.75, 3.05) is 25.1 Å². The fraction of sp³-hybridized carbons (Fsp3) is 0.600. The lowest BCUT2D eigenvalue weighted by Gasteiger charge is -2.24. The van der Waals surface area contributed by atoms with E-state index in [-0.39, 0.29) is 19.4 Å². The maximum atomic E-state index is 13.5. The summed E-state index contributed by atoms with van der Waals surface area (Å²) in [7, 11) is 1.30. The molecule has 0 atom stereocenters. The van der Waals surface area contributed by atoms with Crippen LogP contribution in [0.4, 0.5) is 14.6 Å². The second-order valence-corrected chi connectivity index (χ2v) is 5.22. The summed E-state index contributed by atoms with van der Waals surface area (Å²) in [6.07, 6.45) is 0.764. The van der Waals surface area contributed by atoms with Crippen molar-refractivity contribution in [3.8, 4) is 0 Å². The molecule has 1 aromatic rings. The highest BCUT2D eigenvalue weighted by molar-refractivity contribution is 5.94. The normalized spacial score (nSPS) is 18.2. The van der Waals surface area contributed by atoms with Crippen LogP contribution in [0.1, 0.15) is 42.2 Å². The van der Waals surface area contributed by atoms with Crippen LogP contribution in [0.5, 0.6) is 0 Å². The zero-order valence-electron chi connectivity index (χ0n) is 12.4. The Balaban J connectivity index is 2.33. The number of nitrogens with zero attached hydrogens (tertiary/aromatic N) is 2. The zero-order chi connectivity index (χ0) is 15.5. The lowest BCUT2D eigenvalue weighted by Crippen LogP contribution is -2.29. The molecule has 1 saturated heterocycles. The first-order valence-electron chi connectivity index (χ1n) is 7.18. The largest absolute Gasteiger partial charge is 0.465 e. The number of hydrogen-bond donors (Lipinski definition) is 0. The Morgan fingerprint density at radius 2 is 2.14 bits per heavy atom. The topological polar surface area (TPSA) is 42.4 Å². The second-order valence-electron chi connectivity index (χ2n) is 5.22. The molecule has 2 heterocycles. The number of hydrogen-bond acceptors (Lipinski definition) is 4. The first kappa shape index (κ1) is 15.7. The quantitative estimate of drug-likeness (QED) is 0.804. The number of carbonyl (C=O) groups is 1. The van der Waals surface area contributed by atoms with Crippen molar-refractivity contribution < 1.29 is 18.3 Å². The molecule has 116 valence electrons. The SMILES string of the molecule is CCc1ccc(C(=O)OC)c(N2CCCC(F)(F)CC2)n1. The molecule has 4 nitrogen and oxygen atoms in total. The fourth-order valence-electron chi connectivity index (χ4n) is 2.47. The first-order valence-corrected chi connectivity index (χ1v) is 7.18. The van der Waals surface area contributed by atoms with Crippen LogP contribution < -0.4 is 4.90 Å². The molecule has 1 aliphatic rings. The number of pyridine rings is 1. The van der Waals surface area contributed by atoms with Gasteiger partial charge >= 0.3 is 5.97 Å². The van der Waals surface area contributed by atoms with Crippen LogP contribution in [0, 0.1) is 0 Å². The summed E-state index contributed by atoms with van der Waals surface area (Å²) in [4.78, 5) is 18.1. The zero-order valence-corrected chi connectivity index (χ0v) is 12.4. The predicted molar refractivity (Wildman–Crippen MR) is 76.0 cm³/mol. The van der Waals surface area contributed by atoms with E-state index in [0.717, 1.165) is 12.1 Å². The molecule has 0 spiro atoms. The smallest absolute Gasteiger partial charge is 0.341 e. The van der Waals surface area contributed by atoms with Gasteiger partial charge in [-0.3, -0.25) is 0 Å². The maximum absolute atomic E-state index is 13.5. The molecule has 1 fully saturated rings. The highest BCUT2D eigenvalue weighted by Crippen LogP contribution is 2.30. The van der Waals surface area contributed by atoms with E-state index in [9.17, 15) is 13.6 Å². The Hall–Kier alpha value is -1.72. The summed E-state index contributed by atoms with van der Waals surface area (Å²) in [5.41, 5.74) is 1.16. The summed E-state index contributed by atoms with van der Waals surface area (Å²) in [5.74, 6) is -2.67. The maximum Gasteiger partial charge on any atom is 0.341 e. The molecule has 6 heteroatoms. The van der Waals surface area contributed by atoms with Gasteiger partial charge in [-0.2, -0.15) is 0 Å². The number of halogens is 2. The molecule has 0 unspecified atom stereocenters. The standard InChI is InChI=1S/C15H20F2N2O2/c1-3-11-5-6-12(14(20)21-2)13(18-11)19-9-4-7-15(16,17)8-10-19/h5-6H,3-4,7-10H2,1-2H3. The Morgan fingerprint density at radius 1 is 1.38 bits per heavy atom. The third kappa shape index (κ3) is 3.68. The van der Waals surface area contributed by atoms with Crippen LogP contribution in [-0.2, 0) is 11.2 Å². The van der Waals surface area contributed by atoms with E-state index in [4.69, 9.17) is 4.74 Å². The number of aryl methyl sites for hydroxylation is 1. The van der Waals surface area contributed by atoms with E-state index in [0.29, 0.717) is 24.3 Å². The number of anilines is 1. The van der Waals surface area contributed by atoms with Crippen molar-refractivity contribution in [1.82, 2.24) is 4.98 Å². The summed E-state index contributed by atoms with van der Waals surface area (Å²) < 4.78 is 31.7. The molecule has 0 amide bonds.